The molecule has 13 rings (SSSR count). The molecule has 5 aromatic heterocycles. The largest absolute Gasteiger partial charge is 0.309 e. The monoisotopic (exact) mass is 821 g/mol. The summed E-state index contributed by atoms with van der Waals surface area (Å²) in [4.78, 5) is 15.3. The van der Waals surface area contributed by atoms with Crippen LogP contribution in [0.25, 0.3) is 120 Å². The lowest BCUT2D eigenvalue weighted by Crippen LogP contribution is -2.04. The Balaban J connectivity index is 0.942. The van der Waals surface area contributed by atoms with E-state index in [9.17, 15) is 0 Å². The Labute approximate surface area is 366 Å². The molecular formula is C57H35N5S. The first-order chi connectivity index (χ1) is 31.2. The van der Waals surface area contributed by atoms with E-state index >= 15 is 0 Å². The number of fused-ring (bicyclic) bond motifs is 9. The van der Waals surface area contributed by atoms with Crippen LogP contribution < -0.4 is 0 Å². The SMILES string of the molecule is c1ccc(-c2cc(-c3ccccc3)nc(-n3c4ccccc4c4ccc(-c5cccc(-c6ccc7c(c6)c6ccccc6n7-c6ccc7sc8cccnc8c7c6)c5)cc43)n2)cc1. The summed E-state index contributed by atoms with van der Waals surface area (Å²) in [7, 11) is 0. The van der Waals surface area contributed by atoms with Crippen molar-refractivity contribution in [3.05, 3.63) is 212 Å². The third kappa shape index (κ3) is 5.80. The lowest BCUT2D eigenvalue weighted by atomic mass is 9.97. The van der Waals surface area contributed by atoms with Crippen molar-refractivity contribution in [1.29, 1.82) is 0 Å². The fourth-order valence-electron chi connectivity index (χ4n) is 9.45. The minimum Gasteiger partial charge on any atom is -0.309 e. The first-order valence-corrected chi connectivity index (χ1v) is 22.0. The molecule has 0 aliphatic carbocycles. The zero-order chi connectivity index (χ0) is 41.4. The second-order valence-electron chi connectivity index (χ2n) is 16.1. The number of para-hydroxylation sites is 2. The highest BCUT2D eigenvalue weighted by atomic mass is 32.1. The maximum atomic E-state index is 5.27. The zero-order valence-electron chi connectivity index (χ0n) is 33.9. The van der Waals surface area contributed by atoms with Crippen molar-refractivity contribution in [3.63, 3.8) is 0 Å². The molecule has 0 bridgehead atoms. The highest BCUT2D eigenvalue weighted by molar-refractivity contribution is 7.25. The summed E-state index contributed by atoms with van der Waals surface area (Å²) in [6, 6.07) is 73.7. The first-order valence-electron chi connectivity index (χ1n) is 21.2. The molecule has 0 aliphatic rings. The van der Waals surface area contributed by atoms with Crippen LogP contribution >= 0.6 is 11.3 Å². The van der Waals surface area contributed by atoms with E-state index in [4.69, 9.17) is 15.0 Å². The quantitative estimate of drug-likeness (QED) is 0.168. The molecule has 0 saturated heterocycles. The molecule has 13 aromatic rings. The molecule has 5 nitrogen and oxygen atoms in total. The van der Waals surface area contributed by atoms with Crippen LogP contribution in [0.2, 0.25) is 0 Å². The van der Waals surface area contributed by atoms with Crippen LogP contribution in [0.1, 0.15) is 0 Å². The molecule has 5 heterocycles. The van der Waals surface area contributed by atoms with Gasteiger partial charge in [0.1, 0.15) is 0 Å². The summed E-state index contributed by atoms with van der Waals surface area (Å²) in [6.45, 7) is 0. The second kappa shape index (κ2) is 14.2. The molecule has 63 heavy (non-hydrogen) atoms. The number of thiophene rings is 1. The van der Waals surface area contributed by atoms with Gasteiger partial charge in [-0.1, -0.05) is 133 Å². The summed E-state index contributed by atoms with van der Waals surface area (Å²) in [5.74, 6) is 0.639. The van der Waals surface area contributed by atoms with Crippen molar-refractivity contribution in [2.75, 3.05) is 0 Å². The summed E-state index contributed by atoms with van der Waals surface area (Å²) >= 11 is 1.80. The number of hydrogen-bond acceptors (Lipinski definition) is 4. The third-order valence-electron chi connectivity index (χ3n) is 12.4. The lowest BCUT2D eigenvalue weighted by molar-refractivity contribution is 0.996. The Morgan fingerprint density at radius 3 is 1.67 bits per heavy atom. The Morgan fingerprint density at radius 1 is 0.333 bits per heavy atom. The molecule has 0 fully saturated rings. The fourth-order valence-corrected chi connectivity index (χ4v) is 10.5. The summed E-state index contributed by atoms with van der Waals surface area (Å²) in [5, 5.41) is 5.96. The number of rotatable bonds is 6. The Hall–Kier alpha value is -8.19. The van der Waals surface area contributed by atoms with Gasteiger partial charge in [-0.15, -0.1) is 11.3 Å². The smallest absolute Gasteiger partial charge is 0.235 e. The van der Waals surface area contributed by atoms with Crippen LogP contribution in [0.3, 0.4) is 0 Å². The summed E-state index contributed by atoms with van der Waals surface area (Å²) in [6.07, 6.45) is 1.89. The number of pyridine rings is 1. The molecule has 0 amide bonds. The van der Waals surface area contributed by atoms with Gasteiger partial charge in [-0.3, -0.25) is 9.55 Å². The van der Waals surface area contributed by atoms with Gasteiger partial charge >= 0.3 is 0 Å². The molecular weight excluding hydrogens is 787 g/mol. The molecule has 0 unspecified atom stereocenters. The van der Waals surface area contributed by atoms with Crippen molar-refractivity contribution in [1.82, 2.24) is 24.1 Å². The number of aromatic nitrogens is 5. The van der Waals surface area contributed by atoms with E-state index in [2.05, 4.69) is 197 Å². The van der Waals surface area contributed by atoms with E-state index in [-0.39, 0.29) is 0 Å². The van der Waals surface area contributed by atoms with E-state index in [0.717, 1.165) is 72.2 Å². The normalized spacial score (nSPS) is 11.8. The maximum absolute atomic E-state index is 5.27. The first kappa shape index (κ1) is 35.6. The van der Waals surface area contributed by atoms with Crippen LogP contribution in [-0.4, -0.2) is 24.1 Å². The molecule has 0 radical (unpaired) electrons. The maximum Gasteiger partial charge on any atom is 0.235 e. The average molecular weight is 822 g/mol. The van der Waals surface area contributed by atoms with Crippen LogP contribution in [0.5, 0.6) is 0 Å². The molecule has 0 aliphatic heterocycles. The van der Waals surface area contributed by atoms with Crippen molar-refractivity contribution in [2.24, 2.45) is 0 Å². The third-order valence-corrected chi connectivity index (χ3v) is 13.5. The number of nitrogens with zero attached hydrogens (tertiary/aromatic N) is 5. The predicted octanol–water partition coefficient (Wildman–Crippen LogP) is 15.1. The Kier molecular flexibility index (Phi) is 8.01. The van der Waals surface area contributed by atoms with Crippen LogP contribution in [0, 0.1) is 0 Å². The minimum absolute atomic E-state index is 0.639. The van der Waals surface area contributed by atoms with Crippen molar-refractivity contribution >= 4 is 75.3 Å². The minimum atomic E-state index is 0.639. The van der Waals surface area contributed by atoms with Gasteiger partial charge in [0.2, 0.25) is 5.95 Å². The van der Waals surface area contributed by atoms with E-state index < -0.39 is 0 Å². The van der Waals surface area contributed by atoms with E-state index in [1.807, 2.05) is 24.4 Å². The Bertz CT molecular complexity index is 3860. The number of benzene rings is 8. The van der Waals surface area contributed by atoms with E-state index in [1.165, 1.54) is 42.2 Å². The zero-order valence-corrected chi connectivity index (χ0v) is 34.7. The van der Waals surface area contributed by atoms with Crippen LogP contribution in [0.15, 0.2) is 212 Å². The van der Waals surface area contributed by atoms with Gasteiger partial charge in [0.25, 0.3) is 0 Å². The number of hydrogen-bond donors (Lipinski definition) is 0. The highest BCUT2D eigenvalue weighted by Gasteiger charge is 2.19. The van der Waals surface area contributed by atoms with Crippen molar-refractivity contribution in [2.45, 2.75) is 0 Å². The molecule has 0 atom stereocenters. The molecule has 6 heteroatoms. The highest BCUT2D eigenvalue weighted by Crippen LogP contribution is 2.40. The van der Waals surface area contributed by atoms with Gasteiger partial charge in [0.15, 0.2) is 0 Å². The fraction of sp³-hybridized carbons (Fsp3) is 0. The van der Waals surface area contributed by atoms with Crippen molar-refractivity contribution < 1.29 is 0 Å². The van der Waals surface area contributed by atoms with E-state index in [1.54, 1.807) is 11.3 Å². The standard InChI is InChI=1S/C57H35N5S/c1-3-13-36(14-4-1)48-35-49(37-15-5-2-6-16-37)60-57(59-48)62-51-22-10-7-19-43(51)45-27-24-41(33-53(45)62)39-18-11-17-38(31-39)40-25-28-52-46(32-40)44-20-8-9-21-50(44)61(52)42-26-29-54-47(34-42)56-55(63-54)23-12-30-58-56/h1-35H. The molecule has 8 aromatic carbocycles. The van der Waals surface area contributed by atoms with Gasteiger partial charge in [-0.25, -0.2) is 9.97 Å². The van der Waals surface area contributed by atoms with Crippen LogP contribution in [0.4, 0.5) is 0 Å². The molecule has 0 spiro atoms. The van der Waals surface area contributed by atoms with E-state index in [0.29, 0.717) is 5.95 Å². The van der Waals surface area contributed by atoms with Gasteiger partial charge in [-0.2, -0.15) is 0 Å². The topological polar surface area (TPSA) is 48.5 Å². The Morgan fingerprint density at radius 2 is 0.921 bits per heavy atom. The summed E-state index contributed by atoms with van der Waals surface area (Å²) < 4.78 is 7.09. The lowest BCUT2D eigenvalue weighted by Gasteiger charge is -2.12. The summed E-state index contributed by atoms with van der Waals surface area (Å²) in [5.41, 5.74) is 15.1. The van der Waals surface area contributed by atoms with Crippen molar-refractivity contribution in [3.8, 4) is 56.4 Å². The van der Waals surface area contributed by atoms with Gasteiger partial charge in [0, 0.05) is 54.6 Å². The molecule has 0 N–H and O–H groups in total. The molecule has 0 saturated carbocycles. The van der Waals surface area contributed by atoms with Gasteiger partial charge < -0.3 is 4.57 Å². The molecule has 294 valence electrons. The predicted molar refractivity (Wildman–Crippen MR) is 263 cm³/mol. The van der Waals surface area contributed by atoms with Gasteiger partial charge in [0.05, 0.1) is 43.7 Å². The van der Waals surface area contributed by atoms with Gasteiger partial charge in [-0.05, 0) is 95.1 Å². The average Bonchev–Trinajstić information content (AvgIpc) is 4.01. The second-order valence-corrected chi connectivity index (χ2v) is 17.1. The van der Waals surface area contributed by atoms with Crippen LogP contribution in [-0.2, 0) is 0 Å².